The molecule has 0 amide bonds. The highest BCUT2D eigenvalue weighted by Gasteiger charge is 2.59. The molecule has 0 aromatic heterocycles. The van der Waals surface area contributed by atoms with Gasteiger partial charge in [-0.3, -0.25) is 0 Å². The third kappa shape index (κ3) is 3.45. The molecular weight excluding hydrogens is 364 g/mol. The number of hydrogen-bond acceptors (Lipinski definition) is 1. The van der Waals surface area contributed by atoms with Crippen LogP contribution in [0.3, 0.4) is 0 Å². The molecule has 2 fully saturated rings. The standard InChI is InChI=1S/C29H50O/c1-19(2)9-8-10-20(3)22-12-13-23-21-11-14-25-27(4,5)26(30)16-18-29(25,7)24(21)15-17-28(22,23)6/h19-20,22-23,25-26,30H,8-18H2,1-7H3/t20?,22?,23?,25?,26-,28+,29+/m0/s1. The molecule has 0 saturated heterocycles. The first kappa shape index (κ1) is 22.9. The van der Waals surface area contributed by atoms with Gasteiger partial charge in [-0.15, -0.1) is 0 Å². The van der Waals surface area contributed by atoms with Crippen molar-refractivity contribution in [2.75, 3.05) is 0 Å². The average Bonchev–Trinajstić information content (AvgIpc) is 3.02. The fourth-order valence-electron chi connectivity index (χ4n) is 9.31. The quantitative estimate of drug-likeness (QED) is 0.450. The van der Waals surface area contributed by atoms with Gasteiger partial charge in [-0.2, -0.15) is 0 Å². The fraction of sp³-hybridized carbons (Fsp3) is 0.931. The van der Waals surface area contributed by atoms with Crippen molar-refractivity contribution in [3.05, 3.63) is 11.1 Å². The first-order valence-corrected chi connectivity index (χ1v) is 13.4. The fourth-order valence-corrected chi connectivity index (χ4v) is 9.31. The van der Waals surface area contributed by atoms with Crippen LogP contribution >= 0.6 is 0 Å². The molecular formula is C29H50O. The molecule has 4 unspecified atom stereocenters. The van der Waals surface area contributed by atoms with E-state index in [1.807, 2.05) is 11.1 Å². The summed E-state index contributed by atoms with van der Waals surface area (Å²) in [5.41, 5.74) is 4.73. The van der Waals surface area contributed by atoms with E-state index in [-0.39, 0.29) is 11.5 Å². The van der Waals surface area contributed by atoms with Crippen LogP contribution in [-0.2, 0) is 0 Å². The zero-order valence-electron chi connectivity index (χ0n) is 21.2. The Kier molecular flexibility index (Phi) is 6.05. The summed E-state index contributed by atoms with van der Waals surface area (Å²) >= 11 is 0. The maximum atomic E-state index is 10.8. The molecule has 4 aliphatic rings. The van der Waals surface area contributed by atoms with Gasteiger partial charge >= 0.3 is 0 Å². The van der Waals surface area contributed by atoms with Gasteiger partial charge in [-0.1, -0.05) is 78.9 Å². The summed E-state index contributed by atoms with van der Waals surface area (Å²) < 4.78 is 0. The van der Waals surface area contributed by atoms with Crippen molar-refractivity contribution < 1.29 is 5.11 Å². The van der Waals surface area contributed by atoms with Gasteiger partial charge < -0.3 is 5.11 Å². The Labute approximate surface area is 187 Å². The highest BCUT2D eigenvalue weighted by molar-refractivity contribution is 5.35. The van der Waals surface area contributed by atoms with Gasteiger partial charge in [-0.05, 0) is 97.2 Å². The first-order valence-electron chi connectivity index (χ1n) is 13.4. The summed E-state index contributed by atoms with van der Waals surface area (Å²) in [6.07, 6.45) is 14.6. The lowest BCUT2D eigenvalue weighted by molar-refractivity contribution is -0.0931. The molecule has 4 rings (SSSR count). The van der Waals surface area contributed by atoms with Gasteiger partial charge in [0.25, 0.3) is 0 Å². The Hall–Kier alpha value is -0.300. The summed E-state index contributed by atoms with van der Waals surface area (Å²) in [4.78, 5) is 0. The summed E-state index contributed by atoms with van der Waals surface area (Å²) in [6, 6.07) is 0. The van der Waals surface area contributed by atoms with Crippen molar-refractivity contribution in [1.82, 2.24) is 0 Å². The Morgan fingerprint density at radius 2 is 1.63 bits per heavy atom. The van der Waals surface area contributed by atoms with Crippen LogP contribution in [-0.4, -0.2) is 11.2 Å². The van der Waals surface area contributed by atoms with Crippen LogP contribution in [0.2, 0.25) is 0 Å². The maximum Gasteiger partial charge on any atom is 0.0594 e. The summed E-state index contributed by atoms with van der Waals surface area (Å²) in [7, 11) is 0. The number of hydrogen-bond donors (Lipinski definition) is 1. The Balaban J connectivity index is 1.57. The summed E-state index contributed by atoms with van der Waals surface area (Å²) in [5, 5.41) is 10.8. The number of aliphatic hydroxyl groups excluding tert-OH is 1. The lowest BCUT2D eigenvalue weighted by atomic mass is 9.46. The van der Waals surface area contributed by atoms with Gasteiger partial charge in [0, 0.05) is 0 Å². The van der Waals surface area contributed by atoms with Gasteiger partial charge in [-0.25, -0.2) is 0 Å². The average molecular weight is 415 g/mol. The maximum absolute atomic E-state index is 10.8. The van der Waals surface area contributed by atoms with Crippen LogP contribution in [0.25, 0.3) is 0 Å². The molecule has 0 spiro atoms. The molecule has 0 aliphatic heterocycles. The molecule has 1 heteroatoms. The Bertz CT molecular complexity index is 672. The van der Waals surface area contributed by atoms with E-state index >= 15 is 0 Å². The third-order valence-electron chi connectivity index (χ3n) is 11.1. The van der Waals surface area contributed by atoms with Crippen LogP contribution in [0.5, 0.6) is 0 Å². The third-order valence-corrected chi connectivity index (χ3v) is 11.1. The predicted octanol–water partition coefficient (Wildman–Crippen LogP) is 8.17. The highest BCUT2D eigenvalue weighted by Crippen LogP contribution is 2.68. The molecule has 7 atom stereocenters. The normalized spacial score (nSPS) is 43.9. The molecule has 30 heavy (non-hydrogen) atoms. The molecule has 1 nitrogen and oxygen atoms in total. The van der Waals surface area contributed by atoms with E-state index in [2.05, 4.69) is 48.5 Å². The minimum Gasteiger partial charge on any atom is -0.393 e. The molecule has 0 aromatic rings. The zero-order chi connectivity index (χ0) is 21.9. The Morgan fingerprint density at radius 3 is 2.33 bits per heavy atom. The number of aliphatic hydroxyl groups is 1. The molecule has 0 bridgehead atoms. The van der Waals surface area contributed by atoms with E-state index in [1.54, 1.807) is 0 Å². The molecule has 4 aliphatic carbocycles. The van der Waals surface area contributed by atoms with E-state index in [9.17, 15) is 5.11 Å². The second-order valence-corrected chi connectivity index (χ2v) is 13.4. The number of allylic oxidation sites excluding steroid dienone is 2. The SMILES string of the molecule is CC(C)CCCC(C)C1CCC2C3=C(CC[C@@]21C)[C@@]1(C)CC[C@H](O)C(C)(C)C1CC3. The van der Waals surface area contributed by atoms with Crippen molar-refractivity contribution in [2.45, 2.75) is 125 Å². The number of fused-ring (bicyclic) bond motifs is 4. The van der Waals surface area contributed by atoms with Crippen LogP contribution in [0, 0.1) is 45.8 Å². The summed E-state index contributed by atoms with van der Waals surface area (Å²) in [5.74, 6) is 4.17. The molecule has 0 aromatic carbocycles. The van der Waals surface area contributed by atoms with Crippen molar-refractivity contribution in [3.63, 3.8) is 0 Å². The van der Waals surface area contributed by atoms with Crippen LogP contribution < -0.4 is 0 Å². The van der Waals surface area contributed by atoms with Crippen LogP contribution in [0.15, 0.2) is 11.1 Å². The Morgan fingerprint density at radius 1 is 0.900 bits per heavy atom. The van der Waals surface area contributed by atoms with Crippen LogP contribution in [0.4, 0.5) is 0 Å². The van der Waals surface area contributed by atoms with Crippen molar-refractivity contribution >= 4 is 0 Å². The molecule has 172 valence electrons. The van der Waals surface area contributed by atoms with Crippen molar-refractivity contribution in [1.29, 1.82) is 0 Å². The highest BCUT2D eigenvalue weighted by atomic mass is 16.3. The first-order chi connectivity index (χ1) is 14.0. The molecule has 1 N–H and O–H groups in total. The second kappa shape index (κ2) is 7.93. The second-order valence-electron chi connectivity index (χ2n) is 13.4. The van der Waals surface area contributed by atoms with Crippen molar-refractivity contribution in [3.8, 4) is 0 Å². The monoisotopic (exact) mass is 414 g/mol. The minimum atomic E-state index is -0.117. The molecule has 2 saturated carbocycles. The summed E-state index contributed by atoms with van der Waals surface area (Å²) in [6.45, 7) is 17.3. The topological polar surface area (TPSA) is 20.2 Å². The van der Waals surface area contributed by atoms with E-state index in [0.29, 0.717) is 16.7 Å². The molecule has 0 radical (unpaired) electrons. The van der Waals surface area contributed by atoms with E-state index < -0.39 is 0 Å². The smallest absolute Gasteiger partial charge is 0.0594 e. The zero-order valence-corrected chi connectivity index (χ0v) is 21.2. The lowest BCUT2D eigenvalue weighted by Gasteiger charge is -2.60. The van der Waals surface area contributed by atoms with E-state index in [4.69, 9.17) is 0 Å². The van der Waals surface area contributed by atoms with E-state index in [1.165, 1.54) is 64.2 Å². The van der Waals surface area contributed by atoms with Crippen LogP contribution in [0.1, 0.15) is 119 Å². The number of rotatable bonds is 5. The minimum absolute atomic E-state index is 0.0649. The van der Waals surface area contributed by atoms with Gasteiger partial charge in [0.05, 0.1) is 6.10 Å². The molecule has 0 heterocycles. The largest absolute Gasteiger partial charge is 0.393 e. The van der Waals surface area contributed by atoms with Gasteiger partial charge in [0.15, 0.2) is 0 Å². The lowest BCUT2D eigenvalue weighted by Crippen LogP contribution is -2.53. The van der Waals surface area contributed by atoms with Crippen molar-refractivity contribution in [2.24, 2.45) is 45.8 Å². The van der Waals surface area contributed by atoms with Gasteiger partial charge in [0.2, 0.25) is 0 Å². The van der Waals surface area contributed by atoms with Gasteiger partial charge in [0.1, 0.15) is 0 Å². The van der Waals surface area contributed by atoms with E-state index in [0.717, 1.165) is 30.1 Å². The predicted molar refractivity (Wildman–Crippen MR) is 128 cm³/mol.